The maximum Gasteiger partial charge on any atom is 0.258 e. The van der Waals surface area contributed by atoms with Crippen LogP contribution < -0.4 is 4.90 Å². The van der Waals surface area contributed by atoms with Gasteiger partial charge in [0.15, 0.2) is 9.84 Å². The molecule has 2 aromatic carbocycles. The zero-order valence-corrected chi connectivity index (χ0v) is 11.5. The number of rotatable bonds is 1. The Kier molecular flexibility index (Phi) is 3.06. The normalized spacial score (nSPS) is 16.5. The number of para-hydroxylation sites is 1. The molecule has 0 bridgehead atoms. The third kappa shape index (κ3) is 2.10. The number of hydrogen-bond acceptors (Lipinski definition) is 3. The minimum absolute atomic E-state index is 0.0391. The van der Waals surface area contributed by atoms with Gasteiger partial charge < -0.3 is 4.90 Å². The first-order valence-corrected chi connectivity index (χ1v) is 7.93. The van der Waals surface area contributed by atoms with Crippen molar-refractivity contribution in [3.8, 4) is 0 Å². The summed E-state index contributed by atoms with van der Waals surface area (Å²) in [6, 6.07) is 15.5. The average Bonchev–Trinajstić information content (AvgIpc) is 2.48. The molecule has 1 heterocycles. The van der Waals surface area contributed by atoms with Crippen molar-refractivity contribution >= 4 is 21.4 Å². The van der Waals surface area contributed by atoms with Gasteiger partial charge in [-0.3, -0.25) is 4.79 Å². The van der Waals surface area contributed by atoms with Gasteiger partial charge in [-0.05, 0) is 24.3 Å². The molecule has 0 spiro atoms. The molecule has 5 heteroatoms. The van der Waals surface area contributed by atoms with E-state index in [4.69, 9.17) is 0 Å². The van der Waals surface area contributed by atoms with E-state index in [0.717, 1.165) is 0 Å². The number of nitrogens with zero attached hydrogens (tertiary/aromatic N) is 1. The van der Waals surface area contributed by atoms with Crippen LogP contribution in [0.1, 0.15) is 10.4 Å². The Morgan fingerprint density at radius 1 is 0.950 bits per heavy atom. The van der Waals surface area contributed by atoms with E-state index in [0.29, 0.717) is 11.3 Å². The first kappa shape index (κ1) is 12.9. The number of amides is 1. The highest BCUT2D eigenvalue weighted by Gasteiger charge is 2.31. The Bertz CT molecular complexity index is 754. The third-order valence-corrected chi connectivity index (χ3v) is 5.08. The number of benzene rings is 2. The minimum Gasteiger partial charge on any atom is -0.306 e. The smallest absolute Gasteiger partial charge is 0.258 e. The van der Waals surface area contributed by atoms with Crippen molar-refractivity contribution < 1.29 is 13.2 Å². The number of anilines is 1. The van der Waals surface area contributed by atoms with Gasteiger partial charge in [-0.15, -0.1) is 0 Å². The van der Waals surface area contributed by atoms with Crippen LogP contribution >= 0.6 is 0 Å². The monoisotopic (exact) mass is 287 g/mol. The largest absolute Gasteiger partial charge is 0.306 e. The Morgan fingerprint density at radius 3 is 2.35 bits per heavy atom. The number of carbonyl (C=O) groups is 1. The fraction of sp³-hybridized carbons (Fsp3) is 0.133. The van der Waals surface area contributed by atoms with Crippen LogP contribution in [0.25, 0.3) is 0 Å². The van der Waals surface area contributed by atoms with Crippen molar-refractivity contribution in [2.45, 2.75) is 4.90 Å². The van der Waals surface area contributed by atoms with Crippen LogP contribution in [-0.2, 0) is 9.84 Å². The van der Waals surface area contributed by atoms with Crippen LogP contribution in [0.15, 0.2) is 59.5 Å². The van der Waals surface area contributed by atoms with E-state index in [-0.39, 0.29) is 23.1 Å². The summed E-state index contributed by atoms with van der Waals surface area (Å²) in [5, 5.41) is 0. The van der Waals surface area contributed by atoms with Crippen molar-refractivity contribution in [3.63, 3.8) is 0 Å². The minimum atomic E-state index is -3.28. The number of fused-ring (bicyclic) bond motifs is 1. The Morgan fingerprint density at radius 2 is 1.60 bits per heavy atom. The van der Waals surface area contributed by atoms with E-state index in [1.165, 1.54) is 4.90 Å². The molecule has 1 aliphatic rings. The summed E-state index contributed by atoms with van der Waals surface area (Å²) >= 11 is 0. The molecule has 4 nitrogen and oxygen atoms in total. The molecule has 1 aliphatic heterocycles. The Hall–Kier alpha value is -2.14. The zero-order chi connectivity index (χ0) is 14.2. The lowest BCUT2D eigenvalue weighted by Gasteiger charge is -2.29. The number of carbonyl (C=O) groups excluding carboxylic acids is 1. The van der Waals surface area contributed by atoms with Crippen LogP contribution in [0.3, 0.4) is 0 Å². The first-order valence-electron chi connectivity index (χ1n) is 6.28. The topological polar surface area (TPSA) is 54.5 Å². The van der Waals surface area contributed by atoms with Gasteiger partial charge in [0.05, 0.1) is 16.3 Å². The summed E-state index contributed by atoms with van der Waals surface area (Å²) in [6.45, 7) is 0.188. The second-order valence-electron chi connectivity index (χ2n) is 4.61. The third-order valence-electron chi connectivity index (χ3n) is 3.34. The molecule has 0 saturated carbocycles. The summed E-state index contributed by atoms with van der Waals surface area (Å²) in [5.41, 5.74) is 1.02. The predicted molar refractivity (Wildman–Crippen MR) is 76.6 cm³/mol. The molecule has 0 radical (unpaired) electrons. The molecule has 0 fully saturated rings. The van der Waals surface area contributed by atoms with Gasteiger partial charge in [0.1, 0.15) is 0 Å². The fourth-order valence-electron chi connectivity index (χ4n) is 2.33. The number of hydrogen-bond donors (Lipinski definition) is 0. The maximum atomic E-state index is 12.5. The molecule has 0 aliphatic carbocycles. The van der Waals surface area contributed by atoms with E-state index in [1.807, 2.05) is 6.07 Å². The molecule has 0 aromatic heterocycles. The Balaban J connectivity index is 2.07. The molecule has 3 rings (SSSR count). The number of sulfone groups is 1. The lowest BCUT2D eigenvalue weighted by molar-refractivity contribution is 0.0987. The molecule has 0 saturated heterocycles. The molecule has 2 aromatic rings. The van der Waals surface area contributed by atoms with Gasteiger partial charge in [0.2, 0.25) is 0 Å². The van der Waals surface area contributed by atoms with E-state index in [1.54, 1.807) is 48.5 Å². The van der Waals surface area contributed by atoms with Crippen LogP contribution in [-0.4, -0.2) is 26.6 Å². The SMILES string of the molecule is O=C(c1ccccc1)N1CCS(=O)(=O)c2ccccc21. The zero-order valence-electron chi connectivity index (χ0n) is 10.7. The lowest BCUT2D eigenvalue weighted by Crippen LogP contribution is -2.39. The molecule has 1 amide bonds. The average molecular weight is 287 g/mol. The molecular weight excluding hydrogens is 274 g/mol. The predicted octanol–water partition coefficient (Wildman–Crippen LogP) is 2.12. The van der Waals surface area contributed by atoms with Crippen LogP contribution in [0.2, 0.25) is 0 Å². The fourth-order valence-corrected chi connectivity index (χ4v) is 3.76. The summed E-state index contributed by atoms with van der Waals surface area (Å²) in [7, 11) is -3.28. The van der Waals surface area contributed by atoms with Gasteiger partial charge in [-0.1, -0.05) is 30.3 Å². The molecular formula is C15H13NO3S. The molecule has 0 unspecified atom stereocenters. The van der Waals surface area contributed by atoms with Crippen molar-refractivity contribution in [2.24, 2.45) is 0 Å². The summed E-state index contributed by atoms with van der Waals surface area (Å²) in [4.78, 5) is 14.3. The van der Waals surface area contributed by atoms with Crippen LogP contribution in [0, 0.1) is 0 Å². The summed E-state index contributed by atoms with van der Waals surface area (Å²) < 4.78 is 24.1. The second-order valence-corrected chi connectivity index (χ2v) is 6.69. The van der Waals surface area contributed by atoms with E-state index in [9.17, 15) is 13.2 Å². The maximum absolute atomic E-state index is 12.5. The van der Waals surface area contributed by atoms with Crippen molar-refractivity contribution in [1.29, 1.82) is 0 Å². The van der Waals surface area contributed by atoms with Crippen molar-refractivity contribution in [2.75, 3.05) is 17.2 Å². The molecule has 20 heavy (non-hydrogen) atoms. The summed E-state index contributed by atoms with van der Waals surface area (Å²) in [6.07, 6.45) is 0. The highest BCUT2D eigenvalue weighted by Crippen LogP contribution is 2.31. The van der Waals surface area contributed by atoms with E-state index >= 15 is 0 Å². The van der Waals surface area contributed by atoms with Crippen molar-refractivity contribution in [3.05, 3.63) is 60.2 Å². The van der Waals surface area contributed by atoms with Gasteiger partial charge in [-0.2, -0.15) is 0 Å². The molecule has 0 N–H and O–H groups in total. The van der Waals surface area contributed by atoms with Crippen molar-refractivity contribution in [1.82, 2.24) is 0 Å². The van der Waals surface area contributed by atoms with Gasteiger partial charge in [-0.25, -0.2) is 8.42 Å². The standard InChI is InChI=1S/C15H13NO3S/c17-15(12-6-2-1-3-7-12)16-10-11-20(18,19)14-9-5-4-8-13(14)16/h1-9H,10-11H2. The summed E-state index contributed by atoms with van der Waals surface area (Å²) in [5.74, 6) is -0.212. The van der Waals surface area contributed by atoms with Gasteiger partial charge in [0.25, 0.3) is 5.91 Å². The van der Waals surface area contributed by atoms with E-state index in [2.05, 4.69) is 0 Å². The molecule has 0 atom stereocenters. The Labute approximate surface area is 117 Å². The highest BCUT2D eigenvalue weighted by atomic mass is 32.2. The lowest BCUT2D eigenvalue weighted by atomic mass is 10.2. The van der Waals surface area contributed by atoms with Gasteiger partial charge >= 0.3 is 0 Å². The first-order chi connectivity index (χ1) is 9.59. The van der Waals surface area contributed by atoms with Crippen LogP contribution in [0.5, 0.6) is 0 Å². The highest BCUT2D eigenvalue weighted by molar-refractivity contribution is 7.91. The second kappa shape index (κ2) is 4.76. The molecule has 102 valence electrons. The van der Waals surface area contributed by atoms with E-state index < -0.39 is 9.84 Å². The quantitative estimate of drug-likeness (QED) is 0.807. The van der Waals surface area contributed by atoms with Crippen LogP contribution in [0.4, 0.5) is 5.69 Å². The van der Waals surface area contributed by atoms with Gasteiger partial charge in [0, 0.05) is 12.1 Å².